The molecule has 3 rings (SSSR count). The highest BCUT2D eigenvalue weighted by Crippen LogP contribution is 2.33. The molecule has 6 heteroatoms. The molecule has 2 N–H and O–H groups in total. The maximum absolute atomic E-state index is 12.3. The second-order valence-electron chi connectivity index (χ2n) is 6.00. The molecule has 0 saturated heterocycles. The Morgan fingerprint density at radius 1 is 1.39 bits per heavy atom. The van der Waals surface area contributed by atoms with Crippen molar-refractivity contribution in [2.24, 2.45) is 5.92 Å². The molecular formula is C17H19N3O3. The van der Waals surface area contributed by atoms with Crippen molar-refractivity contribution in [1.29, 1.82) is 0 Å². The quantitative estimate of drug-likeness (QED) is 0.856. The molecule has 0 bridgehead atoms. The van der Waals surface area contributed by atoms with Crippen LogP contribution in [-0.2, 0) is 4.79 Å². The molecule has 1 aromatic carbocycles. The largest absolute Gasteiger partial charge is 0.480 e. The van der Waals surface area contributed by atoms with Crippen molar-refractivity contribution < 1.29 is 14.7 Å². The average molecular weight is 313 g/mol. The summed E-state index contributed by atoms with van der Waals surface area (Å²) in [6.07, 6.45) is 5.66. The maximum Gasteiger partial charge on any atom is 0.326 e. The number of para-hydroxylation sites is 1. The number of amides is 1. The van der Waals surface area contributed by atoms with Crippen molar-refractivity contribution in [2.75, 3.05) is 0 Å². The van der Waals surface area contributed by atoms with Crippen LogP contribution in [0.5, 0.6) is 0 Å². The number of nitrogens with zero attached hydrogens (tertiary/aromatic N) is 2. The van der Waals surface area contributed by atoms with Crippen molar-refractivity contribution in [3.05, 3.63) is 47.8 Å². The van der Waals surface area contributed by atoms with Gasteiger partial charge in [-0.3, -0.25) is 4.79 Å². The lowest BCUT2D eigenvalue weighted by molar-refractivity contribution is -0.139. The third-order valence-corrected chi connectivity index (χ3v) is 4.08. The SMILES string of the molecule is Cc1ccccc1-n1cc(C(=O)NC(CC2CC2)C(=O)O)cn1. The van der Waals surface area contributed by atoms with Crippen LogP contribution in [-0.4, -0.2) is 32.8 Å². The summed E-state index contributed by atoms with van der Waals surface area (Å²) in [5.74, 6) is -0.972. The highest BCUT2D eigenvalue weighted by Gasteiger charge is 2.30. The molecule has 0 spiro atoms. The number of carboxylic acids is 1. The highest BCUT2D eigenvalue weighted by molar-refractivity contribution is 5.96. The fourth-order valence-electron chi connectivity index (χ4n) is 2.54. The van der Waals surface area contributed by atoms with E-state index in [9.17, 15) is 14.7 Å². The Morgan fingerprint density at radius 2 is 2.13 bits per heavy atom. The van der Waals surface area contributed by atoms with E-state index in [0.29, 0.717) is 17.9 Å². The van der Waals surface area contributed by atoms with Crippen molar-refractivity contribution in [3.63, 3.8) is 0 Å². The van der Waals surface area contributed by atoms with Crippen molar-refractivity contribution in [2.45, 2.75) is 32.2 Å². The first-order chi connectivity index (χ1) is 11.0. The fourth-order valence-corrected chi connectivity index (χ4v) is 2.54. The van der Waals surface area contributed by atoms with E-state index in [1.54, 1.807) is 10.9 Å². The summed E-state index contributed by atoms with van der Waals surface area (Å²) in [6.45, 7) is 1.97. The Bertz CT molecular complexity index is 734. The first-order valence-corrected chi connectivity index (χ1v) is 7.69. The van der Waals surface area contributed by atoms with E-state index in [4.69, 9.17) is 0 Å². The molecule has 1 aliphatic rings. The number of rotatable bonds is 6. The molecule has 1 atom stereocenters. The van der Waals surface area contributed by atoms with Gasteiger partial charge in [-0.05, 0) is 30.9 Å². The Balaban J connectivity index is 1.73. The van der Waals surface area contributed by atoms with Crippen molar-refractivity contribution in [3.8, 4) is 5.69 Å². The molecular weight excluding hydrogens is 294 g/mol. The molecule has 1 fully saturated rings. The zero-order valence-corrected chi connectivity index (χ0v) is 12.9. The first-order valence-electron chi connectivity index (χ1n) is 7.69. The summed E-state index contributed by atoms with van der Waals surface area (Å²) in [6, 6.07) is 6.88. The molecule has 23 heavy (non-hydrogen) atoms. The smallest absolute Gasteiger partial charge is 0.326 e. The average Bonchev–Trinajstić information content (AvgIpc) is 3.20. The zero-order chi connectivity index (χ0) is 16.4. The van der Waals surface area contributed by atoms with Crippen LogP contribution < -0.4 is 5.32 Å². The number of aromatic nitrogens is 2. The van der Waals surface area contributed by atoms with Gasteiger partial charge in [0.05, 0.1) is 17.4 Å². The Morgan fingerprint density at radius 3 is 2.78 bits per heavy atom. The molecule has 2 aromatic rings. The van der Waals surface area contributed by atoms with Crippen LogP contribution in [0.25, 0.3) is 5.69 Å². The second kappa shape index (κ2) is 6.24. The normalized spacial score (nSPS) is 15.2. The lowest BCUT2D eigenvalue weighted by atomic mass is 10.1. The number of aliphatic carboxylic acids is 1. The van der Waals surface area contributed by atoms with E-state index in [1.807, 2.05) is 31.2 Å². The van der Waals surface area contributed by atoms with Crippen LogP contribution >= 0.6 is 0 Å². The highest BCUT2D eigenvalue weighted by atomic mass is 16.4. The van der Waals surface area contributed by atoms with E-state index < -0.39 is 17.9 Å². The lowest BCUT2D eigenvalue weighted by Gasteiger charge is -2.13. The Kier molecular flexibility index (Phi) is 4.14. The van der Waals surface area contributed by atoms with Gasteiger partial charge in [0.1, 0.15) is 6.04 Å². The van der Waals surface area contributed by atoms with Gasteiger partial charge in [-0.1, -0.05) is 31.0 Å². The lowest BCUT2D eigenvalue weighted by Crippen LogP contribution is -2.41. The topological polar surface area (TPSA) is 84.2 Å². The summed E-state index contributed by atoms with van der Waals surface area (Å²) >= 11 is 0. The van der Waals surface area contributed by atoms with Crippen LogP contribution in [0.15, 0.2) is 36.7 Å². The van der Waals surface area contributed by atoms with Gasteiger partial charge < -0.3 is 10.4 Å². The summed E-state index contributed by atoms with van der Waals surface area (Å²) < 4.78 is 1.63. The van der Waals surface area contributed by atoms with E-state index in [0.717, 1.165) is 24.1 Å². The van der Waals surface area contributed by atoms with Gasteiger partial charge in [0.15, 0.2) is 0 Å². The van der Waals surface area contributed by atoms with Crippen molar-refractivity contribution in [1.82, 2.24) is 15.1 Å². The standard InChI is InChI=1S/C17H19N3O3/c1-11-4-2-3-5-15(11)20-10-13(9-18-20)16(21)19-14(17(22)23)8-12-6-7-12/h2-5,9-10,12,14H,6-8H2,1H3,(H,19,21)(H,22,23). The third kappa shape index (κ3) is 3.59. The number of carbonyl (C=O) groups is 2. The van der Waals surface area contributed by atoms with Crippen LogP contribution in [0.2, 0.25) is 0 Å². The van der Waals surface area contributed by atoms with E-state index in [1.165, 1.54) is 6.20 Å². The van der Waals surface area contributed by atoms with E-state index in [-0.39, 0.29) is 0 Å². The molecule has 0 aliphatic heterocycles. The third-order valence-electron chi connectivity index (χ3n) is 4.08. The minimum absolute atomic E-state index is 0.357. The van der Waals surface area contributed by atoms with Crippen LogP contribution in [0.1, 0.15) is 35.2 Å². The van der Waals surface area contributed by atoms with Crippen LogP contribution in [0.3, 0.4) is 0 Å². The molecule has 1 unspecified atom stereocenters. The van der Waals surface area contributed by atoms with Gasteiger partial charge in [0.2, 0.25) is 0 Å². The monoisotopic (exact) mass is 313 g/mol. The molecule has 1 aromatic heterocycles. The molecule has 120 valence electrons. The molecule has 0 radical (unpaired) electrons. The number of nitrogens with one attached hydrogen (secondary N) is 1. The predicted molar refractivity (Wildman–Crippen MR) is 84.5 cm³/mol. The van der Waals surface area contributed by atoms with Crippen molar-refractivity contribution >= 4 is 11.9 Å². The number of benzene rings is 1. The minimum Gasteiger partial charge on any atom is -0.480 e. The number of carboxylic acid groups (broad SMARTS) is 1. The number of hydrogen-bond donors (Lipinski definition) is 2. The van der Waals surface area contributed by atoms with Gasteiger partial charge in [-0.15, -0.1) is 0 Å². The molecule has 1 heterocycles. The molecule has 1 amide bonds. The van der Waals surface area contributed by atoms with Gasteiger partial charge in [0, 0.05) is 6.20 Å². The minimum atomic E-state index is -0.989. The summed E-state index contributed by atoms with van der Waals surface area (Å²) in [7, 11) is 0. The predicted octanol–water partition coefficient (Wildman–Crippen LogP) is 2.16. The van der Waals surface area contributed by atoms with E-state index >= 15 is 0 Å². The Hall–Kier alpha value is -2.63. The van der Waals surface area contributed by atoms with Gasteiger partial charge in [-0.25, -0.2) is 9.48 Å². The first kappa shape index (κ1) is 15.3. The van der Waals surface area contributed by atoms with Gasteiger partial charge in [-0.2, -0.15) is 5.10 Å². The summed E-state index contributed by atoms with van der Waals surface area (Å²) in [4.78, 5) is 23.5. The number of hydrogen-bond acceptors (Lipinski definition) is 3. The zero-order valence-electron chi connectivity index (χ0n) is 12.9. The van der Waals surface area contributed by atoms with Gasteiger partial charge >= 0.3 is 5.97 Å². The summed E-state index contributed by atoms with van der Waals surface area (Å²) in [5.41, 5.74) is 2.29. The Labute approximate surface area is 134 Å². The number of aryl methyl sites for hydroxylation is 1. The number of carbonyl (C=O) groups excluding carboxylic acids is 1. The maximum atomic E-state index is 12.3. The fraction of sp³-hybridized carbons (Fsp3) is 0.353. The molecule has 1 saturated carbocycles. The van der Waals surface area contributed by atoms with Crippen LogP contribution in [0.4, 0.5) is 0 Å². The molecule has 1 aliphatic carbocycles. The van der Waals surface area contributed by atoms with Crippen LogP contribution in [0, 0.1) is 12.8 Å². The second-order valence-corrected chi connectivity index (χ2v) is 6.00. The van der Waals surface area contributed by atoms with E-state index in [2.05, 4.69) is 10.4 Å². The summed E-state index contributed by atoms with van der Waals surface area (Å²) in [5, 5.41) is 16.0. The van der Waals surface area contributed by atoms with Gasteiger partial charge in [0.25, 0.3) is 5.91 Å². The molecule has 6 nitrogen and oxygen atoms in total.